The summed E-state index contributed by atoms with van der Waals surface area (Å²) in [6, 6.07) is 5.43. The van der Waals surface area contributed by atoms with Gasteiger partial charge in [0.1, 0.15) is 10.8 Å². The quantitative estimate of drug-likeness (QED) is 0.724. The number of hydrogen-bond donors (Lipinski definition) is 2. The number of halogens is 1. The zero-order chi connectivity index (χ0) is 18.1. The maximum atomic E-state index is 13.7. The molecule has 134 valence electrons. The third kappa shape index (κ3) is 3.18. The van der Waals surface area contributed by atoms with Crippen molar-refractivity contribution < 1.29 is 18.4 Å². The third-order valence-electron chi connectivity index (χ3n) is 3.91. The molecule has 0 unspecified atom stereocenters. The van der Waals surface area contributed by atoms with Gasteiger partial charge in [-0.1, -0.05) is 17.3 Å². The summed E-state index contributed by atoms with van der Waals surface area (Å²) in [5.74, 6) is 0.353. The van der Waals surface area contributed by atoms with Crippen molar-refractivity contribution in [3.05, 3.63) is 46.3 Å². The van der Waals surface area contributed by atoms with Crippen LogP contribution in [0.25, 0.3) is 11.5 Å². The maximum Gasteiger partial charge on any atom is 0.324 e. The minimum Gasteiger partial charge on any atom is -0.376 e. The van der Waals surface area contributed by atoms with Crippen LogP contribution in [0.1, 0.15) is 16.3 Å². The number of amides is 2. The Labute approximate surface area is 152 Å². The highest BCUT2D eigenvalue weighted by Gasteiger charge is 2.26. The Hall–Kier alpha value is -2.78. The zero-order valence-corrected chi connectivity index (χ0v) is 14.7. The van der Waals surface area contributed by atoms with Crippen LogP contribution in [0.5, 0.6) is 0 Å². The molecule has 1 aliphatic rings. The molecule has 3 heterocycles. The summed E-state index contributed by atoms with van der Waals surface area (Å²) >= 11 is 1.39. The lowest BCUT2D eigenvalue weighted by Crippen LogP contribution is -2.20. The van der Waals surface area contributed by atoms with Crippen LogP contribution in [0.2, 0.25) is 0 Å². The molecule has 0 saturated carbocycles. The maximum absolute atomic E-state index is 13.7. The van der Waals surface area contributed by atoms with Gasteiger partial charge in [0.2, 0.25) is 0 Å². The van der Waals surface area contributed by atoms with Gasteiger partial charge in [0.25, 0.3) is 5.89 Å². The predicted octanol–water partition coefficient (Wildman–Crippen LogP) is 3.96. The Morgan fingerprint density at radius 1 is 1.31 bits per heavy atom. The van der Waals surface area contributed by atoms with Crippen molar-refractivity contribution in [1.82, 2.24) is 10.1 Å². The minimum absolute atomic E-state index is 0.102. The second-order valence-electron chi connectivity index (χ2n) is 5.72. The van der Waals surface area contributed by atoms with E-state index in [0.717, 1.165) is 10.4 Å². The van der Waals surface area contributed by atoms with Crippen LogP contribution in [0.4, 0.5) is 19.9 Å². The van der Waals surface area contributed by atoms with Crippen LogP contribution in [0.15, 0.2) is 28.8 Å². The topological polar surface area (TPSA) is 89.3 Å². The Morgan fingerprint density at radius 3 is 2.92 bits per heavy atom. The Kier molecular flexibility index (Phi) is 4.39. The molecule has 2 aromatic heterocycles. The van der Waals surface area contributed by atoms with E-state index in [2.05, 4.69) is 20.8 Å². The summed E-state index contributed by atoms with van der Waals surface area (Å²) in [5.41, 5.74) is 1.84. The first-order valence-corrected chi connectivity index (χ1v) is 8.79. The number of nitrogens with one attached hydrogen (secondary N) is 2. The monoisotopic (exact) mass is 374 g/mol. The lowest BCUT2D eigenvalue weighted by molar-refractivity contribution is 0.113. The summed E-state index contributed by atoms with van der Waals surface area (Å²) in [7, 11) is 0. The number of thiophene rings is 1. The van der Waals surface area contributed by atoms with Crippen LogP contribution in [0.3, 0.4) is 0 Å². The normalized spacial score (nSPS) is 13.3. The van der Waals surface area contributed by atoms with E-state index < -0.39 is 11.8 Å². The summed E-state index contributed by atoms with van der Waals surface area (Å²) in [6.07, 6.45) is 0.694. The van der Waals surface area contributed by atoms with Gasteiger partial charge in [-0.25, -0.2) is 9.18 Å². The largest absolute Gasteiger partial charge is 0.376 e. The van der Waals surface area contributed by atoms with Crippen molar-refractivity contribution in [2.75, 3.05) is 17.2 Å². The number of hydrogen-bond acceptors (Lipinski definition) is 6. The van der Waals surface area contributed by atoms with Gasteiger partial charge < -0.3 is 14.6 Å². The number of benzene rings is 1. The van der Waals surface area contributed by atoms with E-state index >= 15 is 0 Å². The molecule has 0 radical (unpaired) electrons. The molecule has 4 rings (SSSR count). The fourth-order valence-electron chi connectivity index (χ4n) is 2.76. The fourth-order valence-corrected chi connectivity index (χ4v) is 3.94. The summed E-state index contributed by atoms with van der Waals surface area (Å²) in [5, 5.41) is 9.67. The highest BCUT2D eigenvalue weighted by atomic mass is 32.1. The molecule has 0 atom stereocenters. The number of anilines is 2. The third-order valence-corrected chi connectivity index (χ3v) is 5.03. The number of aromatic nitrogens is 2. The minimum atomic E-state index is -0.549. The first-order valence-electron chi connectivity index (χ1n) is 7.97. The Morgan fingerprint density at radius 2 is 2.15 bits per heavy atom. The molecular formula is C17H15FN4O3S. The van der Waals surface area contributed by atoms with Gasteiger partial charge in [-0.2, -0.15) is 4.98 Å². The van der Waals surface area contributed by atoms with Crippen molar-refractivity contribution >= 4 is 28.1 Å². The van der Waals surface area contributed by atoms with Crippen molar-refractivity contribution in [3.63, 3.8) is 0 Å². The van der Waals surface area contributed by atoms with E-state index in [0.29, 0.717) is 41.9 Å². The van der Waals surface area contributed by atoms with Crippen molar-refractivity contribution in [3.8, 4) is 11.5 Å². The summed E-state index contributed by atoms with van der Waals surface area (Å²) in [4.78, 5) is 17.6. The first kappa shape index (κ1) is 16.7. The van der Waals surface area contributed by atoms with E-state index in [1.165, 1.54) is 23.5 Å². The first-order chi connectivity index (χ1) is 12.6. The van der Waals surface area contributed by atoms with Gasteiger partial charge in [-0.3, -0.25) is 5.32 Å². The van der Waals surface area contributed by atoms with Crippen molar-refractivity contribution in [1.29, 1.82) is 0 Å². The number of carbonyl (C=O) groups excluding carboxylic acids is 1. The Balaban J connectivity index is 1.65. The van der Waals surface area contributed by atoms with Gasteiger partial charge in [-0.15, -0.1) is 11.3 Å². The number of ether oxygens (including phenoxy) is 1. The Bertz CT molecular complexity index is 969. The predicted molar refractivity (Wildman–Crippen MR) is 94.7 cm³/mol. The van der Waals surface area contributed by atoms with Crippen molar-refractivity contribution in [2.45, 2.75) is 20.0 Å². The second-order valence-corrected chi connectivity index (χ2v) is 6.82. The van der Waals surface area contributed by atoms with Gasteiger partial charge in [0, 0.05) is 4.88 Å². The van der Waals surface area contributed by atoms with Gasteiger partial charge in [0.15, 0.2) is 5.82 Å². The molecule has 7 nitrogen and oxygen atoms in total. The summed E-state index contributed by atoms with van der Waals surface area (Å²) < 4.78 is 24.5. The molecule has 1 aromatic carbocycles. The number of urea groups is 1. The van der Waals surface area contributed by atoms with Crippen LogP contribution in [-0.2, 0) is 17.8 Å². The lowest BCUT2D eigenvalue weighted by atomic mass is 10.1. The summed E-state index contributed by atoms with van der Waals surface area (Å²) in [6.45, 7) is 2.79. The molecule has 2 amide bonds. The lowest BCUT2D eigenvalue weighted by Gasteiger charge is -2.12. The average molecular weight is 374 g/mol. The SMILES string of the molecule is Cc1noc(-c2c(NC(=O)Nc3ccccc3F)sc3c2CCOC3)n1. The van der Waals surface area contributed by atoms with Crippen LogP contribution in [0, 0.1) is 12.7 Å². The molecule has 26 heavy (non-hydrogen) atoms. The smallest absolute Gasteiger partial charge is 0.324 e. The van der Waals surface area contributed by atoms with Gasteiger partial charge in [0.05, 0.1) is 24.5 Å². The van der Waals surface area contributed by atoms with Gasteiger partial charge in [-0.05, 0) is 31.0 Å². The van der Waals surface area contributed by atoms with Gasteiger partial charge >= 0.3 is 6.03 Å². The van der Waals surface area contributed by atoms with Crippen LogP contribution < -0.4 is 10.6 Å². The molecule has 0 bridgehead atoms. The van der Waals surface area contributed by atoms with Crippen molar-refractivity contribution in [2.24, 2.45) is 0 Å². The average Bonchev–Trinajstić information content (AvgIpc) is 3.19. The number of fused-ring (bicyclic) bond motifs is 1. The van der Waals surface area contributed by atoms with Crippen LogP contribution >= 0.6 is 11.3 Å². The van der Waals surface area contributed by atoms with E-state index in [1.54, 1.807) is 19.1 Å². The number of nitrogens with zero attached hydrogens (tertiary/aromatic N) is 2. The van der Waals surface area contributed by atoms with E-state index in [1.807, 2.05) is 0 Å². The number of carbonyl (C=O) groups is 1. The highest BCUT2D eigenvalue weighted by molar-refractivity contribution is 7.17. The molecule has 0 spiro atoms. The highest BCUT2D eigenvalue weighted by Crippen LogP contribution is 2.42. The fraction of sp³-hybridized carbons (Fsp3) is 0.235. The molecule has 0 fully saturated rings. The number of aryl methyl sites for hydroxylation is 1. The molecular weight excluding hydrogens is 359 g/mol. The molecule has 0 saturated heterocycles. The molecule has 0 aliphatic carbocycles. The van der Waals surface area contributed by atoms with Crippen LogP contribution in [-0.4, -0.2) is 22.8 Å². The second kappa shape index (κ2) is 6.85. The number of rotatable bonds is 3. The van der Waals surface area contributed by atoms with E-state index in [-0.39, 0.29) is 5.69 Å². The molecule has 9 heteroatoms. The van der Waals surface area contributed by atoms with E-state index in [9.17, 15) is 9.18 Å². The molecule has 1 aliphatic heterocycles. The molecule has 3 aromatic rings. The molecule has 2 N–H and O–H groups in total. The standard InChI is InChI=1S/C17H15FN4O3S/c1-9-19-15(25-22-9)14-10-6-7-24-8-13(10)26-16(14)21-17(23)20-12-5-3-2-4-11(12)18/h2-5H,6-8H2,1H3,(H2,20,21,23). The number of para-hydroxylation sites is 1. The zero-order valence-electron chi connectivity index (χ0n) is 13.8. The van der Waals surface area contributed by atoms with E-state index in [4.69, 9.17) is 9.26 Å².